The van der Waals surface area contributed by atoms with Crippen molar-refractivity contribution in [2.45, 2.75) is 19.3 Å². The zero-order chi connectivity index (χ0) is 12.3. The third-order valence-electron chi connectivity index (χ3n) is 2.64. The van der Waals surface area contributed by atoms with Gasteiger partial charge in [0.1, 0.15) is 0 Å². The van der Waals surface area contributed by atoms with Gasteiger partial charge < -0.3 is 9.47 Å². The lowest BCUT2D eigenvalue weighted by Gasteiger charge is -2.22. The average molecular weight is 240 g/mol. The van der Waals surface area contributed by atoms with Crippen LogP contribution in [0, 0.1) is 0 Å². The van der Waals surface area contributed by atoms with Crippen molar-refractivity contribution in [2.24, 2.45) is 0 Å². The van der Waals surface area contributed by atoms with Crippen molar-refractivity contribution in [3.63, 3.8) is 0 Å². The molecule has 16 heavy (non-hydrogen) atoms. The Bertz CT molecular complexity index is 399. The van der Waals surface area contributed by atoms with Crippen molar-refractivity contribution in [3.05, 3.63) is 23.8 Å². The summed E-state index contributed by atoms with van der Waals surface area (Å²) in [6, 6.07) is 5.43. The topological polar surface area (TPSA) is 35.5 Å². The molecule has 0 radical (unpaired) electrons. The second-order valence-corrected chi connectivity index (χ2v) is 4.41. The molecule has 0 atom stereocenters. The fourth-order valence-corrected chi connectivity index (χ4v) is 1.48. The molecule has 1 rings (SSSR count). The van der Waals surface area contributed by atoms with Crippen molar-refractivity contribution in [1.29, 1.82) is 0 Å². The van der Waals surface area contributed by atoms with Crippen LogP contribution >= 0.6 is 12.6 Å². The van der Waals surface area contributed by atoms with Gasteiger partial charge in [0.15, 0.2) is 16.6 Å². The second-order valence-electron chi connectivity index (χ2n) is 4.00. The third-order valence-corrected chi connectivity index (χ3v) is 3.20. The molecule has 0 saturated heterocycles. The van der Waals surface area contributed by atoms with Gasteiger partial charge in [-0.15, -0.1) is 12.6 Å². The van der Waals surface area contributed by atoms with Crippen molar-refractivity contribution in [2.75, 3.05) is 14.2 Å². The number of thiol groups is 1. The van der Waals surface area contributed by atoms with E-state index in [4.69, 9.17) is 9.47 Å². The molecule has 88 valence electrons. The van der Waals surface area contributed by atoms with E-state index < -0.39 is 5.41 Å². The van der Waals surface area contributed by atoms with Crippen molar-refractivity contribution >= 4 is 17.7 Å². The van der Waals surface area contributed by atoms with E-state index in [-0.39, 0.29) is 5.12 Å². The molecule has 1 aromatic rings. The third kappa shape index (κ3) is 2.32. The molecule has 0 amide bonds. The highest BCUT2D eigenvalue weighted by atomic mass is 32.1. The first kappa shape index (κ1) is 12.9. The quantitative estimate of drug-likeness (QED) is 0.821. The van der Waals surface area contributed by atoms with Crippen molar-refractivity contribution in [3.8, 4) is 11.5 Å². The molecule has 0 aliphatic heterocycles. The fraction of sp³-hybridized carbons (Fsp3) is 0.417. The van der Waals surface area contributed by atoms with Crippen molar-refractivity contribution < 1.29 is 14.3 Å². The van der Waals surface area contributed by atoms with Crippen LogP contribution < -0.4 is 9.47 Å². The monoisotopic (exact) mass is 240 g/mol. The van der Waals surface area contributed by atoms with Gasteiger partial charge >= 0.3 is 0 Å². The Labute approximate surface area is 101 Å². The summed E-state index contributed by atoms with van der Waals surface area (Å²) in [6.07, 6.45) is 0. The summed E-state index contributed by atoms with van der Waals surface area (Å²) in [6.45, 7) is 3.65. The molecule has 0 spiro atoms. The number of rotatable bonds is 4. The number of ether oxygens (including phenoxy) is 2. The molecular weight excluding hydrogens is 224 g/mol. The van der Waals surface area contributed by atoms with Crippen LogP contribution in [0.2, 0.25) is 0 Å². The van der Waals surface area contributed by atoms with E-state index in [1.165, 1.54) is 0 Å². The lowest BCUT2D eigenvalue weighted by Crippen LogP contribution is -2.24. The van der Waals surface area contributed by atoms with E-state index in [2.05, 4.69) is 12.6 Å². The van der Waals surface area contributed by atoms with E-state index in [9.17, 15) is 4.79 Å². The van der Waals surface area contributed by atoms with Crippen LogP contribution in [0.5, 0.6) is 11.5 Å². The molecule has 0 N–H and O–H groups in total. The van der Waals surface area contributed by atoms with Gasteiger partial charge in [-0.25, -0.2) is 0 Å². The highest BCUT2D eigenvalue weighted by molar-refractivity contribution is 7.96. The first-order chi connectivity index (χ1) is 7.43. The Balaban J connectivity index is 3.23. The minimum absolute atomic E-state index is 0.181. The van der Waals surface area contributed by atoms with Gasteiger partial charge in [0.2, 0.25) is 0 Å². The van der Waals surface area contributed by atoms with Gasteiger partial charge in [0.05, 0.1) is 19.6 Å². The summed E-state index contributed by atoms with van der Waals surface area (Å²) in [5.41, 5.74) is 0.216. The van der Waals surface area contributed by atoms with Crippen LogP contribution in [0.25, 0.3) is 0 Å². The summed E-state index contributed by atoms with van der Waals surface area (Å²) < 4.78 is 10.3. The van der Waals surface area contributed by atoms with Crippen LogP contribution in [0.4, 0.5) is 0 Å². The average Bonchev–Trinajstić information content (AvgIpc) is 2.27. The van der Waals surface area contributed by atoms with Crippen LogP contribution in [0.1, 0.15) is 19.4 Å². The number of carbonyl (C=O) groups excluding carboxylic acids is 1. The van der Waals surface area contributed by atoms with Crippen LogP contribution in [0.3, 0.4) is 0 Å². The first-order valence-corrected chi connectivity index (χ1v) is 5.34. The van der Waals surface area contributed by atoms with E-state index in [0.29, 0.717) is 11.5 Å². The molecule has 0 fully saturated rings. The van der Waals surface area contributed by atoms with Gasteiger partial charge in [0, 0.05) is 0 Å². The molecule has 0 aliphatic carbocycles. The molecule has 0 aromatic heterocycles. The molecule has 1 aromatic carbocycles. The predicted molar refractivity (Wildman–Crippen MR) is 66.6 cm³/mol. The Morgan fingerprint density at radius 1 is 1.19 bits per heavy atom. The molecular formula is C12H16O3S. The lowest BCUT2D eigenvalue weighted by atomic mass is 9.86. The summed E-state index contributed by atoms with van der Waals surface area (Å²) in [7, 11) is 3.14. The minimum atomic E-state index is -0.636. The summed E-state index contributed by atoms with van der Waals surface area (Å²) in [4.78, 5) is 11.4. The maximum atomic E-state index is 11.4. The van der Waals surface area contributed by atoms with E-state index >= 15 is 0 Å². The standard InChI is InChI=1S/C12H16O3S/c1-12(2,11(13)16)8-5-6-9(14-3)10(7-8)15-4/h5-7H,1-4H3,(H,13,16). The highest BCUT2D eigenvalue weighted by Crippen LogP contribution is 2.34. The Morgan fingerprint density at radius 3 is 2.19 bits per heavy atom. The zero-order valence-electron chi connectivity index (χ0n) is 9.90. The van der Waals surface area contributed by atoms with Crippen molar-refractivity contribution in [1.82, 2.24) is 0 Å². The number of carbonyl (C=O) groups is 1. The van der Waals surface area contributed by atoms with Crippen LogP contribution in [-0.2, 0) is 10.2 Å². The Hall–Kier alpha value is -1.16. The normalized spacial score (nSPS) is 11.1. The number of benzene rings is 1. The second kappa shape index (κ2) is 4.78. The maximum absolute atomic E-state index is 11.4. The molecule has 4 heteroatoms. The van der Waals surface area contributed by atoms with Gasteiger partial charge in [-0.3, -0.25) is 4.79 Å². The largest absolute Gasteiger partial charge is 0.493 e. The zero-order valence-corrected chi connectivity index (χ0v) is 10.8. The van der Waals surface area contributed by atoms with E-state index in [1.807, 2.05) is 19.9 Å². The Kier molecular flexibility index (Phi) is 3.86. The molecule has 0 aliphatic rings. The van der Waals surface area contributed by atoms with Crippen LogP contribution in [0.15, 0.2) is 18.2 Å². The summed E-state index contributed by atoms with van der Waals surface area (Å²) in [5, 5.41) is -0.181. The fourth-order valence-electron chi connectivity index (χ4n) is 1.35. The molecule has 0 bridgehead atoms. The number of hydrogen-bond acceptors (Lipinski definition) is 3. The minimum Gasteiger partial charge on any atom is -0.493 e. The number of hydrogen-bond donors (Lipinski definition) is 1. The highest BCUT2D eigenvalue weighted by Gasteiger charge is 2.28. The summed E-state index contributed by atoms with van der Waals surface area (Å²) in [5.74, 6) is 1.26. The SMILES string of the molecule is COc1ccc(C(C)(C)C(=O)S)cc1OC. The molecule has 0 heterocycles. The molecule has 0 unspecified atom stereocenters. The lowest BCUT2D eigenvalue weighted by molar-refractivity contribution is -0.114. The Morgan fingerprint density at radius 2 is 1.75 bits per heavy atom. The first-order valence-electron chi connectivity index (χ1n) is 4.89. The molecule has 3 nitrogen and oxygen atoms in total. The van der Waals surface area contributed by atoms with E-state index in [0.717, 1.165) is 5.56 Å². The van der Waals surface area contributed by atoms with E-state index in [1.54, 1.807) is 26.4 Å². The predicted octanol–water partition coefficient (Wildman–Crippen LogP) is 2.44. The van der Waals surface area contributed by atoms with Gasteiger partial charge in [0.25, 0.3) is 0 Å². The van der Waals surface area contributed by atoms with Gasteiger partial charge in [-0.05, 0) is 31.5 Å². The van der Waals surface area contributed by atoms with Crippen LogP contribution in [-0.4, -0.2) is 19.3 Å². The van der Waals surface area contributed by atoms with Gasteiger partial charge in [-0.1, -0.05) is 6.07 Å². The summed E-state index contributed by atoms with van der Waals surface area (Å²) >= 11 is 3.89. The maximum Gasteiger partial charge on any atom is 0.195 e. The van der Waals surface area contributed by atoms with Gasteiger partial charge in [-0.2, -0.15) is 0 Å². The number of methoxy groups -OCH3 is 2. The molecule has 0 saturated carbocycles. The smallest absolute Gasteiger partial charge is 0.195 e.